The van der Waals surface area contributed by atoms with E-state index in [1.54, 1.807) is 0 Å². The van der Waals surface area contributed by atoms with E-state index in [1.165, 1.54) is 12.5 Å². The molecule has 1 unspecified atom stereocenters. The molecule has 0 heterocycles. The van der Waals surface area contributed by atoms with Gasteiger partial charge in [0.05, 0.1) is 0 Å². The van der Waals surface area contributed by atoms with Crippen LogP contribution < -0.4 is 0 Å². The molecule has 0 fully saturated rings. The van der Waals surface area contributed by atoms with E-state index in [0.29, 0.717) is 12.5 Å². The summed E-state index contributed by atoms with van der Waals surface area (Å²) in [7, 11) is 0. The number of nitrogens with zero attached hydrogens (tertiary/aromatic N) is 1. The van der Waals surface area contributed by atoms with Crippen LogP contribution in [0.1, 0.15) is 19.4 Å². The van der Waals surface area contributed by atoms with Crippen molar-refractivity contribution in [2.24, 2.45) is 11.1 Å². The highest BCUT2D eigenvalue weighted by atomic mass is 16.6. The highest BCUT2D eigenvalue weighted by Crippen LogP contribution is 2.08. The molecule has 0 aliphatic heterocycles. The molecule has 4 nitrogen and oxygen atoms in total. The molecular formula is C13H17NO3. The molecule has 1 rings (SSSR count). The number of rotatable bonds is 6. The van der Waals surface area contributed by atoms with E-state index >= 15 is 0 Å². The van der Waals surface area contributed by atoms with E-state index < -0.39 is 5.97 Å². The Morgan fingerprint density at radius 3 is 2.65 bits per heavy atom. The van der Waals surface area contributed by atoms with E-state index in [1.807, 2.05) is 25.1 Å². The monoisotopic (exact) mass is 235 g/mol. The first-order valence-corrected chi connectivity index (χ1v) is 5.53. The van der Waals surface area contributed by atoms with Gasteiger partial charge in [-0.3, -0.25) is 0 Å². The van der Waals surface area contributed by atoms with Gasteiger partial charge in [0.15, 0.2) is 5.71 Å². The average molecular weight is 235 g/mol. The number of carboxylic acids is 1. The van der Waals surface area contributed by atoms with E-state index in [4.69, 9.17) is 9.94 Å². The first kappa shape index (κ1) is 13.2. The lowest BCUT2D eigenvalue weighted by molar-refractivity contribution is -0.129. The largest absolute Gasteiger partial charge is 0.477 e. The molecule has 0 bridgehead atoms. The normalized spacial score (nSPS) is 13.2. The van der Waals surface area contributed by atoms with Crippen molar-refractivity contribution in [1.82, 2.24) is 0 Å². The number of aliphatic carboxylic acids is 1. The Kier molecular flexibility index (Phi) is 5.20. The molecule has 1 aromatic rings. The van der Waals surface area contributed by atoms with E-state index in [0.717, 1.165) is 6.42 Å². The third-order valence-corrected chi connectivity index (χ3v) is 2.30. The maximum atomic E-state index is 10.5. The number of carbonyl (C=O) groups is 1. The minimum atomic E-state index is -1.05. The molecule has 0 amide bonds. The molecule has 92 valence electrons. The van der Waals surface area contributed by atoms with E-state index in [2.05, 4.69) is 17.3 Å². The summed E-state index contributed by atoms with van der Waals surface area (Å²) in [6, 6.07) is 10.1. The van der Waals surface area contributed by atoms with E-state index in [-0.39, 0.29) is 5.71 Å². The van der Waals surface area contributed by atoms with Gasteiger partial charge in [-0.15, -0.1) is 0 Å². The molecule has 0 aliphatic carbocycles. The predicted octanol–water partition coefficient (Wildman–Crippen LogP) is 2.34. The summed E-state index contributed by atoms with van der Waals surface area (Å²) < 4.78 is 0. The number of hydrogen-bond donors (Lipinski definition) is 1. The van der Waals surface area contributed by atoms with Crippen molar-refractivity contribution < 1.29 is 14.7 Å². The Balaban J connectivity index is 2.34. The summed E-state index contributed by atoms with van der Waals surface area (Å²) in [5.74, 6) is -0.761. The lowest BCUT2D eigenvalue weighted by atomic mass is 10.0. The van der Waals surface area contributed by atoms with Crippen molar-refractivity contribution in [1.29, 1.82) is 0 Å². The van der Waals surface area contributed by atoms with Gasteiger partial charge in [0.2, 0.25) is 0 Å². The Morgan fingerprint density at radius 2 is 2.06 bits per heavy atom. The Morgan fingerprint density at radius 1 is 1.41 bits per heavy atom. The molecule has 1 atom stereocenters. The Labute approximate surface area is 101 Å². The minimum absolute atomic E-state index is 0.0306. The average Bonchev–Trinajstić information content (AvgIpc) is 2.30. The summed E-state index contributed by atoms with van der Waals surface area (Å²) in [4.78, 5) is 15.5. The van der Waals surface area contributed by atoms with Gasteiger partial charge >= 0.3 is 5.97 Å². The summed E-state index contributed by atoms with van der Waals surface area (Å²) in [5.41, 5.74) is 1.21. The van der Waals surface area contributed by atoms with Crippen molar-refractivity contribution in [3.63, 3.8) is 0 Å². The molecule has 17 heavy (non-hydrogen) atoms. The quantitative estimate of drug-likeness (QED) is 0.608. The zero-order valence-electron chi connectivity index (χ0n) is 10.1. The maximum absolute atomic E-state index is 10.5. The Hall–Kier alpha value is -1.84. The van der Waals surface area contributed by atoms with Crippen LogP contribution in [0.25, 0.3) is 0 Å². The second-order valence-corrected chi connectivity index (χ2v) is 4.07. The smallest absolute Gasteiger partial charge is 0.353 e. The number of benzene rings is 1. The highest BCUT2D eigenvalue weighted by Gasteiger charge is 2.05. The Bertz CT molecular complexity index is 387. The van der Waals surface area contributed by atoms with Crippen LogP contribution in [-0.2, 0) is 16.1 Å². The number of oxime groups is 1. The fourth-order valence-electron chi connectivity index (χ4n) is 1.38. The molecule has 0 aliphatic rings. The first-order valence-electron chi connectivity index (χ1n) is 5.53. The van der Waals surface area contributed by atoms with Crippen molar-refractivity contribution in [2.75, 3.05) is 6.61 Å². The lowest BCUT2D eigenvalue weighted by Crippen LogP contribution is -2.11. The standard InChI is InChI=1S/C13H17NO3/c1-10(8-12-6-4-3-5-7-12)9-17-14-11(2)13(15)16/h3-7,10H,8-9H2,1-2H3,(H,15,16)/b14-11+. The zero-order chi connectivity index (χ0) is 12.7. The predicted molar refractivity (Wildman–Crippen MR) is 66.0 cm³/mol. The zero-order valence-corrected chi connectivity index (χ0v) is 10.1. The van der Waals surface area contributed by atoms with Gasteiger partial charge in [-0.25, -0.2) is 4.79 Å². The number of carboxylic acid groups (broad SMARTS) is 1. The first-order chi connectivity index (χ1) is 8.09. The van der Waals surface area contributed by atoms with Gasteiger partial charge in [0.25, 0.3) is 0 Å². The van der Waals surface area contributed by atoms with E-state index in [9.17, 15) is 4.79 Å². The lowest BCUT2D eigenvalue weighted by Gasteiger charge is -2.09. The van der Waals surface area contributed by atoms with Crippen LogP contribution in [-0.4, -0.2) is 23.4 Å². The van der Waals surface area contributed by atoms with Crippen LogP contribution in [0.4, 0.5) is 0 Å². The van der Waals surface area contributed by atoms with Gasteiger partial charge in [-0.1, -0.05) is 42.4 Å². The molecule has 0 saturated heterocycles. The second kappa shape index (κ2) is 6.68. The fraction of sp³-hybridized carbons (Fsp3) is 0.385. The summed E-state index contributed by atoms with van der Waals surface area (Å²) in [5, 5.41) is 12.1. The SMILES string of the molecule is C/C(=N\OCC(C)Cc1ccccc1)C(=O)O. The molecule has 4 heteroatoms. The summed E-state index contributed by atoms with van der Waals surface area (Å²) in [6.45, 7) is 3.86. The fourth-order valence-corrected chi connectivity index (χ4v) is 1.38. The third kappa shape index (κ3) is 5.15. The maximum Gasteiger partial charge on any atom is 0.353 e. The second-order valence-electron chi connectivity index (χ2n) is 4.07. The van der Waals surface area contributed by atoms with Crippen molar-refractivity contribution in [2.45, 2.75) is 20.3 Å². The molecule has 0 saturated carbocycles. The van der Waals surface area contributed by atoms with Crippen molar-refractivity contribution in [3.05, 3.63) is 35.9 Å². The van der Waals surface area contributed by atoms with Crippen LogP contribution in [0, 0.1) is 5.92 Å². The van der Waals surface area contributed by atoms with Crippen LogP contribution in [0.2, 0.25) is 0 Å². The molecular weight excluding hydrogens is 218 g/mol. The van der Waals surface area contributed by atoms with Gasteiger partial charge in [0, 0.05) is 0 Å². The molecule has 1 N–H and O–H groups in total. The molecule has 0 aromatic heterocycles. The van der Waals surface area contributed by atoms with Crippen molar-refractivity contribution in [3.8, 4) is 0 Å². The van der Waals surface area contributed by atoms with Gasteiger partial charge in [-0.05, 0) is 24.8 Å². The highest BCUT2D eigenvalue weighted by molar-refractivity contribution is 6.34. The molecule has 0 radical (unpaired) electrons. The van der Waals surface area contributed by atoms with Crippen molar-refractivity contribution >= 4 is 11.7 Å². The van der Waals surface area contributed by atoms with Crippen LogP contribution in [0.5, 0.6) is 0 Å². The topological polar surface area (TPSA) is 58.9 Å². The minimum Gasteiger partial charge on any atom is -0.477 e. The van der Waals surface area contributed by atoms with Gasteiger partial charge in [-0.2, -0.15) is 0 Å². The number of hydrogen-bond acceptors (Lipinski definition) is 3. The van der Waals surface area contributed by atoms with Crippen LogP contribution >= 0.6 is 0 Å². The van der Waals surface area contributed by atoms with Gasteiger partial charge < -0.3 is 9.94 Å². The third-order valence-electron chi connectivity index (χ3n) is 2.30. The molecule has 1 aromatic carbocycles. The summed E-state index contributed by atoms with van der Waals surface area (Å²) >= 11 is 0. The molecule has 0 spiro atoms. The summed E-state index contributed by atoms with van der Waals surface area (Å²) in [6.07, 6.45) is 0.891. The van der Waals surface area contributed by atoms with Gasteiger partial charge in [0.1, 0.15) is 6.61 Å². The van der Waals surface area contributed by atoms with Crippen LogP contribution in [0.3, 0.4) is 0 Å². The van der Waals surface area contributed by atoms with Crippen LogP contribution in [0.15, 0.2) is 35.5 Å².